The maximum atomic E-state index is 10.5. The molecule has 0 saturated heterocycles. The smallest absolute Gasteiger partial charge is 0.325 e. The zero-order chi connectivity index (χ0) is 17.1. The van der Waals surface area contributed by atoms with Crippen molar-refractivity contribution in [1.82, 2.24) is 20.3 Å². The number of aliphatic carboxylic acids is 2. The molecule has 4 N–H and O–H groups in total. The fourth-order valence-electron chi connectivity index (χ4n) is 1.31. The molecule has 0 fully saturated rings. The number of nitrogens with one attached hydrogen (secondary N) is 2. The van der Waals surface area contributed by atoms with E-state index >= 15 is 0 Å². The quantitative estimate of drug-likeness (QED) is 0.286. The third-order valence-electron chi connectivity index (χ3n) is 2.21. The monoisotopic (exact) mass is 328 g/mol. The second-order valence-electron chi connectivity index (χ2n) is 4.07. The minimum Gasteiger partial charge on any atom is -0.480 e. The fraction of sp³-hybridized carbons (Fsp3) is 0.455. The number of carboxylic acid groups (broad SMARTS) is 2. The molecule has 0 spiro atoms. The molecule has 0 bridgehead atoms. The molecule has 23 heavy (non-hydrogen) atoms. The number of aromatic nitrogens is 3. The SMILES string of the molecule is N=N/C(=C\NCC(=O)O)COCCOc1cn(CC(=O)O)nn1. The standard InChI is InChI=1S/C11H16N6O6/c12-14-8(3-13-4-10(18)19)7-22-1-2-23-9-5-17(16-15-9)6-11(20)21/h3,5,12-13H,1-2,4,6-7H2,(H,18,19)(H,20,21)/b8-3-,14-12?. The Balaban J connectivity index is 2.21. The van der Waals surface area contributed by atoms with Crippen molar-refractivity contribution in [3.63, 3.8) is 0 Å². The number of hydrogen-bond acceptors (Lipinski definition) is 9. The summed E-state index contributed by atoms with van der Waals surface area (Å²) in [6.07, 6.45) is 2.62. The summed E-state index contributed by atoms with van der Waals surface area (Å²) in [5.74, 6) is -1.91. The Morgan fingerprint density at radius 1 is 1.39 bits per heavy atom. The zero-order valence-corrected chi connectivity index (χ0v) is 12.0. The van der Waals surface area contributed by atoms with Crippen LogP contribution in [0.5, 0.6) is 5.88 Å². The summed E-state index contributed by atoms with van der Waals surface area (Å²) in [7, 11) is 0. The highest BCUT2D eigenvalue weighted by atomic mass is 16.5. The van der Waals surface area contributed by atoms with Crippen LogP contribution in [0.15, 0.2) is 23.2 Å². The molecule has 1 aromatic rings. The van der Waals surface area contributed by atoms with E-state index in [1.54, 1.807) is 0 Å². The van der Waals surface area contributed by atoms with E-state index in [0.717, 1.165) is 4.68 Å². The number of rotatable bonds is 12. The summed E-state index contributed by atoms with van der Waals surface area (Å²) in [5, 5.41) is 29.8. The van der Waals surface area contributed by atoms with E-state index in [1.807, 2.05) is 0 Å². The van der Waals surface area contributed by atoms with Gasteiger partial charge in [-0.25, -0.2) is 10.2 Å². The largest absolute Gasteiger partial charge is 0.480 e. The Labute approximate surface area is 130 Å². The Kier molecular flexibility index (Phi) is 7.71. The molecule has 0 unspecified atom stereocenters. The first-order valence-corrected chi connectivity index (χ1v) is 6.35. The van der Waals surface area contributed by atoms with Gasteiger partial charge in [-0.3, -0.25) is 9.59 Å². The Morgan fingerprint density at radius 2 is 2.17 bits per heavy atom. The predicted octanol–water partition coefficient (Wildman–Crippen LogP) is -0.695. The van der Waals surface area contributed by atoms with Crippen molar-refractivity contribution in [3.8, 4) is 5.88 Å². The van der Waals surface area contributed by atoms with Gasteiger partial charge in [0.05, 0.1) is 19.4 Å². The highest BCUT2D eigenvalue weighted by molar-refractivity contribution is 5.69. The summed E-state index contributed by atoms with van der Waals surface area (Å²) in [6.45, 7) is -0.286. The minimum atomic E-state index is -1.04. The van der Waals surface area contributed by atoms with Crippen LogP contribution in [0.2, 0.25) is 0 Å². The normalized spacial score (nSPS) is 11.0. The molecule has 126 valence electrons. The molecule has 12 nitrogen and oxygen atoms in total. The van der Waals surface area contributed by atoms with E-state index < -0.39 is 11.9 Å². The van der Waals surface area contributed by atoms with Crippen molar-refractivity contribution in [2.24, 2.45) is 5.11 Å². The van der Waals surface area contributed by atoms with Gasteiger partial charge in [0.25, 0.3) is 5.88 Å². The molecular weight excluding hydrogens is 312 g/mol. The molecule has 1 rings (SSSR count). The summed E-state index contributed by atoms with van der Waals surface area (Å²) in [5.41, 5.74) is 7.13. The van der Waals surface area contributed by atoms with E-state index in [2.05, 4.69) is 20.7 Å². The maximum absolute atomic E-state index is 10.5. The van der Waals surface area contributed by atoms with Crippen molar-refractivity contribution in [2.45, 2.75) is 6.54 Å². The molecule has 0 saturated carbocycles. The third-order valence-corrected chi connectivity index (χ3v) is 2.21. The summed E-state index contributed by atoms with van der Waals surface area (Å²) < 4.78 is 11.5. The molecule has 0 aliphatic rings. The molecule has 0 radical (unpaired) electrons. The number of carboxylic acids is 2. The number of hydrogen-bond donors (Lipinski definition) is 4. The second kappa shape index (κ2) is 9.83. The average molecular weight is 328 g/mol. The molecule has 0 aliphatic heterocycles. The minimum absolute atomic E-state index is 0.00514. The number of nitrogens with zero attached hydrogens (tertiary/aromatic N) is 4. The van der Waals surface area contributed by atoms with Gasteiger partial charge in [0.2, 0.25) is 0 Å². The second-order valence-corrected chi connectivity index (χ2v) is 4.07. The van der Waals surface area contributed by atoms with Gasteiger partial charge < -0.3 is 25.0 Å². The lowest BCUT2D eigenvalue weighted by atomic mass is 10.5. The molecule has 0 amide bonds. The van der Waals surface area contributed by atoms with Gasteiger partial charge in [-0.1, -0.05) is 10.3 Å². The summed E-state index contributed by atoms with van der Waals surface area (Å²) >= 11 is 0. The molecule has 0 atom stereocenters. The van der Waals surface area contributed by atoms with Crippen LogP contribution in [0.1, 0.15) is 0 Å². The lowest BCUT2D eigenvalue weighted by molar-refractivity contribution is -0.138. The van der Waals surface area contributed by atoms with E-state index in [-0.39, 0.29) is 44.5 Å². The van der Waals surface area contributed by atoms with E-state index in [4.69, 9.17) is 25.2 Å². The Hall–Kier alpha value is -3.02. The van der Waals surface area contributed by atoms with Crippen molar-refractivity contribution < 1.29 is 29.3 Å². The molecule has 0 aliphatic carbocycles. The van der Waals surface area contributed by atoms with Crippen LogP contribution in [-0.4, -0.2) is 63.5 Å². The fourth-order valence-corrected chi connectivity index (χ4v) is 1.31. The van der Waals surface area contributed by atoms with Gasteiger partial charge in [0, 0.05) is 6.20 Å². The third kappa shape index (κ3) is 8.11. The van der Waals surface area contributed by atoms with Gasteiger partial charge in [-0.15, -0.1) is 0 Å². The van der Waals surface area contributed by atoms with Crippen molar-refractivity contribution >= 4 is 11.9 Å². The topological polar surface area (TPSA) is 172 Å². The summed E-state index contributed by atoms with van der Waals surface area (Å²) in [4.78, 5) is 20.8. The van der Waals surface area contributed by atoms with Crippen LogP contribution in [0.3, 0.4) is 0 Å². The molecule has 12 heteroatoms. The first-order chi connectivity index (χ1) is 11.0. The highest BCUT2D eigenvalue weighted by Crippen LogP contribution is 2.03. The van der Waals surface area contributed by atoms with Crippen LogP contribution in [-0.2, 0) is 20.9 Å². The molecule has 0 aromatic carbocycles. The Morgan fingerprint density at radius 3 is 2.83 bits per heavy atom. The highest BCUT2D eigenvalue weighted by Gasteiger charge is 2.05. The van der Waals surface area contributed by atoms with Crippen molar-refractivity contribution in [1.29, 1.82) is 5.53 Å². The van der Waals surface area contributed by atoms with Gasteiger partial charge in [0.1, 0.15) is 25.4 Å². The maximum Gasteiger partial charge on any atom is 0.325 e. The predicted molar refractivity (Wildman–Crippen MR) is 72.8 cm³/mol. The number of carbonyl (C=O) groups is 2. The molecule has 1 heterocycles. The first-order valence-electron chi connectivity index (χ1n) is 6.35. The Bertz CT molecular complexity index is 571. The van der Waals surface area contributed by atoms with Crippen LogP contribution in [0, 0.1) is 5.53 Å². The van der Waals surface area contributed by atoms with Crippen LogP contribution in [0.4, 0.5) is 0 Å². The van der Waals surface area contributed by atoms with E-state index in [0.29, 0.717) is 0 Å². The average Bonchev–Trinajstić information content (AvgIpc) is 2.91. The lowest BCUT2D eigenvalue weighted by Crippen LogP contribution is -2.18. The van der Waals surface area contributed by atoms with Gasteiger partial charge in [-0.2, -0.15) is 5.11 Å². The number of ether oxygens (including phenoxy) is 2. The molecular formula is C11H16N6O6. The summed E-state index contributed by atoms with van der Waals surface area (Å²) in [6, 6.07) is 0. The van der Waals surface area contributed by atoms with Gasteiger partial charge in [0.15, 0.2) is 0 Å². The van der Waals surface area contributed by atoms with Crippen LogP contribution < -0.4 is 10.1 Å². The van der Waals surface area contributed by atoms with Gasteiger partial charge in [-0.05, 0) is 0 Å². The molecule has 1 aromatic heterocycles. The zero-order valence-electron chi connectivity index (χ0n) is 12.0. The van der Waals surface area contributed by atoms with Crippen LogP contribution >= 0.6 is 0 Å². The van der Waals surface area contributed by atoms with E-state index in [9.17, 15) is 9.59 Å². The van der Waals surface area contributed by atoms with E-state index in [1.165, 1.54) is 12.4 Å². The van der Waals surface area contributed by atoms with Crippen molar-refractivity contribution in [3.05, 3.63) is 18.1 Å². The first kappa shape index (κ1) is 18.0. The van der Waals surface area contributed by atoms with Crippen LogP contribution in [0.25, 0.3) is 0 Å². The van der Waals surface area contributed by atoms with Gasteiger partial charge >= 0.3 is 11.9 Å². The lowest BCUT2D eigenvalue weighted by Gasteiger charge is -2.05. The van der Waals surface area contributed by atoms with Crippen molar-refractivity contribution in [2.75, 3.05) is 26.4 Å².